The normalized spacial score (nSPS) is 13.0. The van der Waals surface area contributed by atoms with E-state index in [2.05, 4.69) is 6.92 Å². The van der Waals surface area contributed by atoms with Crippen LogP contribution in [0.25, 0.3) is 0 Å². The smallest absolute Gasteiger partial charge is 0.330 e. The number of aliphatic carboxylic acids is 1. The van der Waals surface area contributed by atoms with E-state index in [4.69, 9.17) is 4.74 Å². The molecule has 0 radical (unpaired) electrons. The maximum absolute atomic E-state index is 11.9. The van der Waals surface area contributed by atoms with Crippen molar-refractivity contribution in [3.63, 3.8) is 0 Å². The van der Waals surface area contributed by atoms with Gasteiger partial charge in [-0.3, -0.25) is 0 Å². The van der Waals surface area contributed by atoms with Gasteiger partial charge < -0.3 is 19.1 Å². The van der Waals surface area contributed by atoms with Crippen LogP contribution in [0.2, 0.25) is 0 Å². The number of esters is 1. The van der Waals surface area contributed by atoms with Gasteiger partial charge in [0.1, 0.15) is 6.54 Å². The first-order chi connectivity index (χ1) is 13.2. The largest absolute Gasteiger partial charge is 0.550 e. The van der Waals surface area contributed by atoms with Gasteiger partial charge in [0.15, 0.2) is 6.10 Å². The minimum atomic E-state index is -1.20. The highest BCUT2D eigenvalue weighted by Crippen LogP contribution is 2.12. The molecule has 0 aromatic carbocycles. The molecule has 0 aromatic rings. The summed E-state index contributed by atoms with van der Waals surface area (Å²) in [4.78, 5) is 22.7. The number of unbranched alkanes of at least 4 members (excludes halogenated alkanes) is 11. The van der Waals surface area contributed by atoms with E-state index in [-0.39, 0.29) is 6.42 Å². The number of carbonyl (C=O) groups is 2. The first-order valence-electron chi connectivity index (χ1n) is 11.1. The number of hydrogen-bond acceptors (Lipinski definition) is 4. The lowest BCUT2D eigenvalue weighted by Gasteiger charge is -2.29. The first kappa shape index (κ1) is 26.6. The quantitative estimate of drug-likeness (QED) is 0.152. The van der Waals surface area contributed by atoms with Gasteiger partial charge in [-0.05, 0) is 12.8 Å². The molecule has 0 aliphatic carbocycles. The highest BCUT2D eigenvalue weighted by molar-refractivity contribution is 5.82. The molecule has 0 rings (SSSR count). The maximum Gasteiger partial charge on any atom is 0.330 e. The zero-order valence-electron chi connectivity index (χ0n) is 18.7. The molecule has 5 heteroatoms. The Bertz CT molecular complexity index is 440. The highest BCUT2D eigenvalue weighted by atomic mass is 16.5. The molecule has 0 spiro atoms. The minimum absolute atomic E-state index is 0.270. The molecule has 0 aromatic heterocycles. The number of allylic oxidation sites excluding steroid dienone is 1. The second-order valence-corrected chi connectivity index (χ2v) is 8.83. The van der Waals surface area contributed by atoms with E-state index in [1.165, 1.54) is 70.3 Å². The van der Waals surface area contributed by atoms with Crippen molar-refractivity contribution in [1.82, 2.24) is 0 Å². The van der Waals surface area contributed by atoms with Crippen LogP contribution in [0.15, 0.2) is 12.2 Å². The Labute approximate surface area is 172 Å². The summed E-state index contributed by atoms with van der Waals surface area (Å²) in [6.07, 6.45) is 17.5. The standard InChI is InChI=1S/C23H43NO4/c1-5-6-7-8-9-10-11-12-13-14-15-16-17-18-23(27)28-21(19-22(25)26)20-24(2,3)4/h17-18,21H,5-16,19-20H2,1-4H3/b18-17+/t21-/m1/s1. The number of carbonyl (C=O) groups excluding carboxylic acids is 2. The topological polar surface area (TPSA) is 66.4 Å². The van der Waals surface area contributed by atoms with E-state index < -0.39 is 18.0 Å². The first-order valence-corrected chi connectivity index (χ1v) is 11.1. The van der Waals surface area contributed by atoms with Crippen molar-refractivity contribution in [2.24, 2.45) is 0 Å². The third-order valence-electron chi connectivity index (χ3n) is 4.66. The lowest BCUT2D eigenvalue weighted by molar-refractivity contribution is -0.873. The van der Waals surface area contributed by atoms with E-state index in [1.54, 1.807) is 0 Å². The molecule has 0 N–H and O–H groups in total. The van der Waals surface area contributed by atoms with Crippen molar-refractivity contribution < 1.29 is 23.9 Å². The third kappa shape index (κ3) is 19.4. The Kier molecular flexibility index (Phi) is 15.8. The number of carboxylic acid groups (broad SMARTS) is 1. The summed E-state index contributed by atoms with van der Waals surface area (Å²) >= 11 is 0. The second kappa shape index (κ2) is 16.6. The molecule has 0 amide bonds. The van der Waals surface area contributed by atoms with Crippen molar-refractivity contribution in [2.75, 3.05) is 27.7 Å². The second-order valence-electron chi connectivity index (χ2n) is 8.83. The predicted molar refractivity (Wildman–Crippen MR) is 113 cm³/mol. The molecule has 0 heterocycles. The molecule has 0 bridgehead atoms. The zero-order chi connectivity index (χ0) is 21.3. The van der Waals surface area contributed by atoms with Crippen LogP contribution in [-0.4, -0.2) is 50.2 Å². The van der Waals surface area contributed by atoms with E-state index in [1.807, 2.05) is 27.2 Å². The van der Waals surface area contributed by atoms with Gasteiger partial charge in [0.05, 0.1) is 21.1 Å². The predicted octanol–water partition coefficient (Wildman–Crippen LogP) is 4.00. The minimum Gasteiger partial charge on any atom is -0.550 e. The number of nitrogens with zero attached hydrogens (tertiary/aromatic N) is 1. The Morgan fingerprint density at radius 3 is 1.86 bits per heavy atom. The number of hydrogen-bond donors (Lipinski definition) is 0. The van der Waals surface area contributed by atoms with Gasteiger partial charge in [-0.2, -0.15) is 0 Å². The van der Waals surface area contributed by atoms with Crippen LogP contribution in [0.3, 0.4) is 0 Å². The molecule has 0 saturated heterocycles. The molecule has 28 heavy (non-hydrogen) atoms. The summed E-state index contributed by atoms with van der Waals surface area (Å²) < 4.78 is 5.80. The monoisotopic (exact) mass is 397 g/mol. The summed E-state index contributed by atoms with van der Waals surface area (Å²) in [5.74, 6) is -1.67. The molecule has 0 fully saturated rings. The van der Waals surface area contributed by atoms with Crippen LogP contribution in [0.5, 0.6) is 0 Å². The molecular formula is C23H43NO4. The summed E-state index contributed by atoms with van der Waals surface area (Å²) in [6, 6.07) is 0. The van der Waals surface area contributed by atoms with E-state index in [0.29, 0.717) is 11.0 Å². The van der Waals surface area contributed by atoms with Gasteiger partial charge in [0.2, 0.25) is 0 Å². The number of carboxylic acids is 1. The molecule has 164 valence electrons. The van der Waals surface area contributed by atoms with Crippen LogP contribution in [0, 0.1) is 0 Å². The molecule has 0 saturated carbocycles. The maximum atomic E-state index is 11.9. The Morgan fingerprint density at radius 1 is 0.893 bits per heavy atom. The van der Waals surface area contributed by atoms with Crippen LogP contribution in [-0.2, 0) is 14.3 Å². The van der Waals surface area contributed by atoms with Crippen LogP contribution in [0.1, 0.15) is 90.4 Å². The van der Waals surface area contributed by atoms with Crippen molar-refractivity contribution in [3.8, 4) is 0 Å². The number of likely N-dealkylation sites (N-methyl/N-ethyl adjacent to an activating group) is 1. The zero-order valence-corrected chi connectivity index (χ0v) is 18.7. The van der Waals surface area contributed by atoms with E-state index >= 15 is 0 Å². The lowest BCUT2D eigenvalue weighted by Crippen LogP contribution is -2.45. The molecule has 5 nitrogen and oxygen atoms in total. The molecule has 0 unspecified atom stereocenters. The van der Waals surface area contributed by atoms with E-state index in [9.17, 15) is 14.7 Å². The summed E-state index contributed by atoms with van der Waals surface area (Å²) in [7, 11) is 5.79. The van der Waals surface area contributed by atoms with E-state index in [0.717, 1.165) is 12.8 Å². The number of quaternary nitrogens is 1. The van der Waals surface area contributed by atoms with Crippen molar-refractivity contribution in [3.05, 3.63) is 12.2 Å². The lowest BCUT2D eigenvalue weighted by atomic mass is 10.1. The average molecular weight is 398 g/mol. The Morgan fingerprint density at radius 2 is 1.39 bits per heavy atom. The van der Waals surface area contributed by atoms with Gasteiger partial charge in [-0.25, -0.2) is 4.79 Å². The number of rotatable bonds is 18. The van der Waals surface area contributed by atoms with Crippen LogP contribution >= 0.6 is 0 Å². The van der Waals surface area contributed by atoms with Crippen LogP contribution < -0.4 is 5.11 Å². The van der Waals surface area contributed by atoms with Crippen molar-refractivity contribution >= 4 is 11.9 Å². The van der Waals surface area contributed by atoms with Gasteiger partial charge in [0, 0.05) is 18.5 Å². The molecule has 0 aliphatic heterocycles. The van der Waals surface area contributed by atoms with Gasteiger partial charge >= 0.3 is 5.97 Å². The SMILES string of the molecule is CCCCCCCCCCCCC/C=C/C(=O)O[C@H](CC(=O)[O-])C[N+](C)(C)C. The van der Waals surface area contributed by atoms with Gasteiger partial charge in [-0.15, -0.1) is 0 Å². The fraction of sp³-hybridized carbons (Fsp3) is 0.826. The fourth-order valence-corrected chi connectivity index (χ4v) is 3.25. The third-order valence-corrected chi connectivity index (χ3v) is 4.66. The Balaban J connectivity index is 3.77. The molecule has 0 aliphatic rings. The summed E-state index contributed by atoms with van der Waals surface area (Å²) in [5, 5.41) is 10.8. The van der Waals surface area contributed by atoms with Crippen molar-refractivity contribution in [2.45, 2.75) is 96.5 Å². The summed E-state index contributed by atoms with van der Waals surface area (Å²) in [5.41, 5.74) is 0. The molecule has 1 atom stereocenters. The summed E-state index contributed by atoms with van der Waals surface area (Å²) in [6.45, 7) is 2.69. The van der Waals surface area contributed by atoms with Gasteiger partial charge in [-0.1, -0.05) is 77.2 Å². The highest BCUT2D eigenvalue weighted by Gasteiger charge is 2.21. The van der Waals surface area contributed by atoms with Crippen molar-refractivity contribution in [1.29, 1.82) is 0 Å². The Hall–Kier alpha value is -1.36. The fourth-order valence-electron chi connectivity index (χ4n) is 3.25. The average Bonchev–Trinajstić information content (AvgIpc) is 2.56. The molecular weight excluding hydrogens is 354 g/mol. The van der Waals surface area contributed by atoms with Gasteiger partial charge in [0.25, 0.3) is 0 Å². The van der Waals surface area contributed by atoms with Crippen LogP contribution in [0.4, 0.5) is 0 Å². The number of ether oxygens (including phenoxy) is 1.